The van der Waals surface area contributed by atoms with E-state index in [1.807, 2.05) is 38.1 Å². The molecule has 0 saturated carbocycles. The summed E-state index contributed by atoms with van der Waals surface area (Å²) >= 11 is 0. The van der Waals surface area contributed by atoms with Gasteiger partial charge < -0.3 is 14.5 Å². The highest BCUT2D eigenvalue weighted by molar-refractivity contribution is 5.98. The molecule has 1 atom stereocenters. The van der Waals surface area contributed by atoms with Crippen molar-refractivity contribution in [3.05, 3.63) is 88.4 Å². The van der Waals surface area contributed by atoms with Crippen LogP contribution in [0, 0.1) is 27.7 Å². The van der Waals surface area contributed by atoms with Gasteiger partial charge in [-0.2, -0.15) is 0 Å². The average Bonchev–Trinajstić information content (AvgIpc) is 3.01. The third-order valence-corrected chi connectivity index (χ3v) is 4.48. The molecule has 0 spiro atoms. The quantitative estimate of drug-likeness (QED) is 0.632. The van der Waals surface area contributed by atoms with Crippen LogP contribution in [-0.2, 0) is 9.53 Å². The molecular formula is C23H23NO4. The third-order valence-electron chi connectivity index (χ3n) is 4.48. The fourth-order valence-corrected chi connectivity index (χ4v) is 2.97. The van der Waals surface area contributed by atoms with Crippen LogP contribution < -0.4 is 5.32 Å². The fraction of sp³-hybridized carbons (Fsp3) is 0.217. The highest BCUT2D eigenvalue weighted by Crippen LogP contribution is 2.25. The standard InChI is InChI=1S/C23H23NO4/c1-14-10-11-15(2)20(12-14)24-22(25)21(18-8-6-5-7-9-18)28-23(26)19-13-16(3)27-17(19)4/h5-13,21H,1-4H3,(H,24,25). The maximum atomic E-state index is 13.0. The molecule has 5 heteroatoms. The Bertz CT molecular complexity index is 1000. The van der Waals surface area contributed by atoms with E-state index in [4.69, 9.17) is 9.15 Å². The first-order chi connectivity index (χ1) is 13.3. The highest BCUT2D eigenvalue weighted by Gasteiger charge is 2.27. The number of ether oxygens (including phenoxy) is 1. The lowest BCUT2D eigenvalue weighted by Gasteiger charge is -2.19. The number of hydrogen-bond acceptors (Lipinski definition) is 4. The van der Waals surface area contributed by atoms with E-state index in [-0.39, 0.29) is 0 Å². The largest absolute Gasteiger partial charge is 0.466 e. The van der Waals surface area contributed by atoms with Crippen molar-refractivity contribution in [1.82, 2.24) is 0 Å². The van der Waals surface area contributed by atoms with Crippen molar-refractivity contribution in [2.45, 2.75) is 33.8 Å². The molecule has 0 bridgehead atoms. The van der Waals surface area contributed by atoms with Crippen LogP contribution in [0.2, 0.25) is 0 Å². The number of carbonyl (C=O) groups excluding carboxylic acids is 2. The van der Waals surface area contributed by atoms with E-state index in [1.54, 1.807) is 44.2 Å². The van der Waals surface area contributed by atoms with Gasteiger partial charge >= 0.3 is 5.97 Å². The molecule has 0 saturated heterocycles. The van der Waals surface area contributed by atoms with Crippen molar-refractivity contribution in [2.24, 2.45) is 0 Å². The Morgan fingerprint density at radius 3 is 2.32 bits per heavy atom. The van der Waals surface area contributed by atoms with Gasteiger partial charge in [-0.1, -0.05) is 42.5 Å². The van der Waals surface area contributed by atoms with Crippen molar-refractivity contribution in [2.75, 3.05) is 5.32 Å². The molecule has 3 aromatic rings. The fourth-order valence-electron chi connectivity index (χ4n) is 2.97. The van der Waals surface area contributed by atoms with Crippen LogP contribution in [0.1, 0.15) is 44.7 Å². The number of carbonyl (C=O) groups is 2. The van der Waals surface area contributed by atoms with Crippen LogP contribution in [0.15, 0.2) is 59.0 Å². The maximum Gasteiger partial charge on any atom is 0.342 e. The second-order valence-corrected chi connectivity index (χ2v) is 6.83. The minimum Gasteiger partial charge on any atom is -0.466 e. The summed E-state index contributed by atoms with van der Waals surface area (Å²) in [5.74, 6) is 0.0650. The average molecular weight is 377 g/mol. The van der Waals surface area contributed by atoms with Crippen LogP contribution in [0.25, 0.3) is 0 Å². The molecule has 1 heterocycles. The molecule has 0 aliphatic carbocycles. The molecule has 1 N–H and O–H groups in total. The third kappa shape index (κ3) is 4.31. The summed E-state index contributed by atoms with van der Waals surface area (Å²) in [6, 6.07) is 16.4. The van der Waals surface area contributed by atoms with E-state index < -0.39 is 18.0 Å². The van der Waals surface area contributed by atoms with Gasteiger partial charge in [0.1, 0.15) is 17.1 Å². The summed E-state index contributed by atoms with van der Waals surface area (Å²) < 4.78 is 11.0. The molecule has 28 heavy (non-hydrogen) atoms. The predicted molar refractivity (Wildman–Crippen MR) is 107 cm³/mol. The predicted octanol–water partition coefficient (Wildman–Crippen LogP) is 5.05. The molecule has 0 aliphatic rings. The summed E-state index contributed by atoms with van der Waals surface area (Å²) in [6.45, 7) is 7.31. The molecule has 5 nitrogen and oxygen atoms in total. The first kappa shape index (κ1) is 19.4. The van der Waals surface area contributed by atoms with Gasteiger partial charge in [0.25, 0.3) is 5.91 Å². The molecule has 1 amide bonds. The van der Waals surface area contributed by atoms with Crippen molar-refractivity contribution < 1.29 is 18.7 Å². The molecule has 1 unspecified atom stereocenters. The lowest BCUT2D eigenvalue weighted by molar-refractivity contribution is -0.125. The van der Waals surface area contributed by atoms with Crippen molar-refractivity contribution in [3.8, 4) is 0 Å². The number of nitrogens with one attached hydrogen (secondary N) is 1. The number of benzene rings is 2. The molecule has 0 fully saturated rings. The molecule has 1 aromatic heterocycles. The van der Waals surface area contributed by atoms with Gasteiger partial charge in [0, 0.05) is 11.3 Å². The Kier molecular flexibility index (Phi) is 5.64. The van der Waals surface area contributed by atoms with Crippen molar-refractivity contribution >= 4 is 17.6 Å². The summed E-state index contributed by atoms with van der Waals surface area (Å²) in [5.41, 5.74) is 3.56. The zero-order valence-electron chi connectivity index (χ0n) is 16.4. The zero-order chi connectivity index (χ0) is 20.3. The van der Waals surface area contributed by atoms with Gasteiger partial charge in [-0.15, -0.1) is 0 Å². The summed E-state index contributed by atoms with van der Waals surface area (Å²) in [4.78, 5) is 25.7. The summed E-state index contributed by atoms with van der Waals surface area (Å²) in [5, 5.41) is 2.89. The highest BCUT2D eigenvalue weighted by atomic mass is 16.5. The number of esters is 1. The lowest BCUT2D eigenvalue weighted by atomic mass is 10.1. The normalized spacial score (nSPS) is 11.7. The van der Waals surface area contributed by atoms with Crippen LogP contribution in [-0.4, -0.2) is 11.9 Å². The molecule has 2 aromatic carbocycles. The van der Waals surface area contributed by atoms with Crippen LogP contribution in [0.4, 0.5) is 5.69 Å². The van der Waals surface area contributed by atoms with Crippen LogP contribution in [0.3, 0.4) is 0 Å². The number of furan rings is 1. The van der Waals surface area contributed by atoms with Crippen molar-refractivity contribution in [3.63, 3.8) is 0 Å². The molecule has 144 valence electrons. The maximum absolute atomic E-state index is 13.0. The lowest BCUT2D eigenvalue weighted by Crippen LogP contribution is -2.26. The number of rotatable bonds is 5. The summed E-state index contributed by atoms with van der Waals surface area (Å²) in [6.07, 6.45) is -1.08. The topological polar surface area (TPSA) is 68.5 Å². The van der Waals surface area contributed by atoms with E-state index in [2.05, 4.69) is 5.32 Å². The minimum atomic E-state index is -1.08. The second-order valence-electron chi connectivity index (χ2n) is 6.83. The monoisotopic (exact) mass is 377 g/mol. The van der Waals surface area contributed by atoms with Gasteiger partial charge in [-0.3, -0.25) is 4.79 Å². The van der Waals surface area contributed by atoms with Crippen LogP contribution in [0.5, 0.6) is 0 Å². The van der Waals surface area contributed by atoms with Gasteiger partial charge in [-0.05, 0) is 51.0 Å². The molecule has 0 aliphatic heterocycles. The molecule has 3 rings (SSSR count). The van der Waals surface area contributed by atoms with Gasteiger partial charge in [0.05, 0.1) is 0 Å². The van der Waals surface area contributed by atoms with Crippen molar-refractivity contribution in [1.29, 1.82) is 0 Å². The van der Waals surface area contributed by atoms with E-state index in [1.165, 1.54) is 0 Å². The first-order valence-electron chi connectivity index (χ1n) is 9.06. The Morgan fingerprint density at radius 1 is 0.964 bits per heavy atom. The molecule has 0 radical (unpaired) electrons. The van der Waals surface area contributed by atoms with E-state index in [9.17, 15) is 9.59 Å². The summed E-state index contributed by atoms with van der Waals surface area (Å²) in [7, 11) is 0. The Morgan fingerprint density at radius 2 is 1.68 bits per heavy atom. The Labute approximate surface area is 164 Å². The van der Waals surface area contributed by atoms with Gasteiger partial charge in [0.2, 0.25) is 6.10 Å². The van der Waals surface area contributed by atoms with E-state index >= 15 is 0 Å². The van der Waals surface area contributed by atoms with E-state index in [0.29, 0.717) is 28.3 Å². The number of aryl methyl sites for hydroxylation is 4. The first-order valence-corrected chi connectivity index (χ1v) is 9.06. The zero-order valence-corrected chi connectivity index (χ0v) is 16.4. The van der Waals surface area contributed by atoms with Crippen LogP contribution >= 0.6 is 0 Å². The SMILES string of the molecule is Cc1ccc(C)c(NC(=O)C(OC(=O)c2cc(C)oc2C)c2ccccc2)c1. The number of amides is 1. The minimum absolute atomic E-state index is 0.318. The van der Waals surface area contributed by atoms with E-state index in [0.717, 1.165) is 11.1 Å². The number of hydrogen-bond donors (Lipinski definition) is 1. The van der Waals surface area contributed by atoms with Gasteiger partial charge in [0.15, 0.2) is 0 Å². The Balaban J connectivity index is 1.89. The smallest absolute Gasteiger partial charge is 0.342 e. The molecular weight excluding hydrogens is 354 g/mol. The number of anilines is 1. The Hall–Kier alpha value is -3.34. The second kappa shape index (κ2) is 8.13. The van der Waals surface area contributed by atoms with Gasteiger partial charge in [-0.25, -0.2) is 4.79 Å².